The molecule has 0 aliphatic heterocycles. The Hall–Kier alpha value is -0.570. The molecular formula is C15H12BrCl2F. The fourth-order valence-electron chi connectivity index (χ4n) is 2.03. The molecule has 1 unspecified atom stereocenters. The second-order valence-corrected chi connectivity index (χ2v) is 5.85. The van der Waals surface area contributed by atoms with Gasteiger partial charge in [0.15, 0.2) is 0 Å². The van der Waals surface area contributed by atoms with E-state index in [9.17, 15) is 4.39 Å². The Balaban J connectivity index is 2.32. The van der Waals surface area contributed by atoms with Crippen molar-refractivity contribution in [2.24, 2.45) is 0 Å². The standard InChI is InChI=1S/C15H12BrCl2F/c16-13-5-2-1-4-11(13)10(9-17)8-12-14(18)6-3-7-15(12)19/h1-7,10H,8-9H2. The summed E-state index contributed by atoms with van der Waals surface area (Å²) in [5, 5.41) is 0.446. The van der Waals surface area contributed by atoms with Gasteiger partial charge in [0.25, 0.3) is 0 Å². The van der Waals surface area contributed by atoms with Crippen LogP contribution >= 0.6 is 39.1 Å². The number of hydrogen-bond donors (Lipinski definition) is 0. The molecule has 0 aromatic heterocycles. The van der Waals surface area contributed by atoms with Crippen LogP contribution in [0.25, 0.3) is 0 Å². The van der Waals surface area contributed by atoms with E-state index in [4.69, 9.17) is 23.2 Å². The number of halogens is 4. The molecule has 1 atom stereocenters. The number of hydrogen-bond acceptors (Lipinski definition) is 0. The Morgan fingerprint density at radius 1 is 1.11 bits per heavy atom. The third-order valence-electron chi connectivity index (χ3n) is 3.04. The van der Waals surface area contributed by atoms with Gasteiger partial charge < -0.3 is 0 Å². The van der Waals surface area contributed by atoms with Crippen LogP contribution in [-0.4, -0.2) is 5.88 Å². The largest absolute Gasteiger partial charge is 0.207 e. The van der Waals surface area contributed by atoms with Gasteiger partial charge in [-0.3, -0.25) is 0 Å². The summed E-state index contributed by atoms with van der Waals surface area (Å²) in [6, 6.07) is 12.6. The Kier molecular flexibility index (Phi) is 5.26. The topological polar surface area (TPSA) is 0 Å². The minimum atomic E-state index is -0.283. The molecule has 0 N–H and O–H groups in total. The molecule has 0 radical (unpaired) electrons. The van der Waals surface area contributed by atoms with Crippen molar-refractivity contribution in [3.8, 4) is 0 Å². The normalized spacial score (nSPS) is 12.4. The first-order chi connectivity index (χ1) is 9.13. The maximum Gasteiger partial charge on any atom is 0.127 e. The van der Waals surface area contributed by atoms with Crippen molar-refractivity contribution in [1.82, 2.24) is 0 Å². The van der Waals surface area contributed by atoms with Crippen molar-refractivity contribution < 1.29 is 4.39 Å². The van der Waals surface area contributed by atoms with Crippen molar-refractivity contribution in [2.75, 3.05) is 5.88 Å². The van der Waals surface area contributed by atoms with Gasteiger partial charge >= 0.3 is 0 Å². The van der Waals surface area contributed by atoms with Gasteiger partial charge in [0.05, 0.1) is 0 Å². The Morgan fingerprint density at radius 3 is 2.47 bits per heavy atom. The summed E-state index contributed by atoms with van der Waals surface area (Å²) in [6.07, 6.45) is 0.484. The van der Waals surface area contributed by atoms with Crippen LogP contribution in [0.15, 0.2) is 46.9 Å². The predicted molar refractivity (Wildman–Crippen MR) is 82.7 cm³/mol. The number of alkyl halides is 1. The molecule has 2 aromatic carbocycles. The molecule has 0 spiro atoms. The van der Waals surface area contributed by atoms with Crippen molar-refractivity contribution in [2.45, 2.75) is 12.3 Å². The highest BCUT2D eigenvalue weighted by molar-refractivity contribution is 9.10. The van der Waals surface area contributed by atoms with Crippen molar-refractivity contribution in [3.05, 3.63) is 68.9 Å². The summed E-state index contributed by atoms with van der Waals surface area (Å²) >= 11 is 15.6. The fourth-order valence-corrected chi connectivity index (χ4v) is 3.15. The fraction of sp³-hybridized carbons (Fsp3) is 0.200. The number of rotatable bonds is 4. The maximum atomic E-state index is 13.8. The van der Waals surface area contributed by atoms with Crippen molar-refractivity contribution >= 4 is 39.1 Å². The van der Waals surface area contributed by atoms with Crippen LogP contribution < -0.4 is 0 Å². The van der Waals surface area contributed by atoms with Crippen LogP contribution in [0.2, 0.25) is 5.02 Å². The van der Waals surface area contributed by atoms with E-state index in [0.717, 1.165) is 10.0 Å². The average Bonchev–Trinajstić information content (AvgIpc) is 2.40. The van der Waals surface area contributed by atoms with Gasteiger partial charge in [-0.15, -0.1) is 11.6 Å². The van der Waals surface area contributed by atoms with Gasteiger partial charge in [0.1, 0.15) is 5.82 Å². The maximum absolute atomic E-state index is 13.8. The molecular weight excluding hydrogens is 350 g/mol. The lowest BCUT2D eigenvalue weighted by molar-refractivity contribution is 0.598. The Bertz CT molecular complexity index is 552. The summed E-state index contributed by atoms with van der Waals surface area (Å²) in [7, 11) is 0. The van der Waals surface area contributed by atoms with Crippen LogP contribution in [0.4, 0.5) is 4.39 Å². The molecule has 0 fully saturated rings. The molecule has 0 amide bonds. The van der Waals surface area contributed by atoms with Crippen LogP contribution in [0.5, 0.6) is 0 Å². The monoisotopic (exact) mass is 360 g/mol. The third-order valence-corrected chi connectivity index (χ3v) is 4.49. The first-order valence-electron chi connectivity index (χ1n) is 5.86. The Morgan fingerprint density at radius 2 is 1.84 bits per heavy atom. The van der Waals surface area contributed by atoms with Gasteiger partial charge in [-0.05, 0) is 30.2 Å². The summed E-state index contributed by atoms with van der Waals surface area (Å²) in [4.78, 5) is 0. The zero-order valence-corrected chi connectivity index (χ0v) is 13.1. The van der Waals surface area contributed by atoms with Gasteiger partial charge in [-0.25, -0.2) is 4.39 Å². The van der Waals surface area contributed by atoms with Gasteiger partial charge in [0.2, 0.25) is 0 Å². The smallest absolute Gasteiger partial charge is 0.127 e. The van der Waals surface area contributed by atoms with E-state index in [1.807, 2.05) is 24.3 Å². The van der Waals surface area contributed by atoms with E-state index in [-0.39, 0.29) is 11.7 Å². The van der Waals surface area contributed by atoms with Crippen LogP contribution in [0.1, 0.15) is 17.0 Å². The lowest BCUT2D eigenvalue weighted by atomic mass is 9.93. The van der Waals surface area contributed by atoms with Crippen molar-refractivity contribution in [3.63, 3.8) is 0 Å². The molecule has 0 aliphatic carbocycles. The molecule has 0 aliphatic rings. The second-order valence-electron chi connectivity index (χ2n) is 4.28. The van der Waals surface area contributed by atoms with Gasteiger partial charge in [-0.1, -0.05) is 51.8 Å². The SMILES string of the molecule is Fc1cccc(Cl)c1CC(CCl)c1ccccc1Br. The molecule has 2 rings (SSSR count). The zero-order valence-electron chi connectivity index (χ0n) is 10.0. The molecule has 0 saturated heterocycles. The van der Waals surface area contributed by atoms with E-state index in [1.165, 1.54) is 6.07 Å². The zero-order chi connectivity index (χ0) is 13.8. The molecule has 0 saturated carbocycles. The highest BCUT2D eigenvalue weighted by atomic mass is 79.9. The first kappa shape index (κ1) is 14.8. The van der Waals surface area contributed by atoms with E-state index < -0.39 is 0 Å². The molecule has 2 aromatic rings. The molecule has 4 heteroatoms. The van der Waals surface area contributed by atoms with Gasteiger partial charge in [0, 0.05) is 26.9 Å². The predicted octanol–water partition coefficient (Wildman–Crippen LogP) is 5.81. The van der Waals surface area contributed by atoms with Crippen LogP contribution in [0.3, 0.4) is 0 Å². The van der Waals surface area contributed by atoms with E-state index in [1.54, 1.807) is 12.1 Å². The lowest BCUT2D eigenvalue weighted by Gasteiger charge is -2.17. The molecule has 0 heterocycles. The molecule has 0 bridgehead atoms. The first-order valence-corrected chi connectivity index (χ1v) is 7.57. The Labute approximate surface area is 130 Å². The summed E-state index contributed by atoms with van der Waals surface area (Å²) in [6.45, 7) is 0. The van der Waals surface area contributed by atoms with E-state index >= 15 is 0 Å². The third kappa shape index (κ3) is 3.50. The van der Waals surface area contributed by atoms with Crippen molar-refractivity contribution in [1.29, 1.82) is 0 Å². The number of benzene rings is 2. The lowest BCUT2D eigenvalue weighted by Crippen LogP contribution is -2.07. The summed E-state index contributed by atoms with van der Waals surface area (Å²) in [5.41, 5.74) is 1.59. The van der Waals surface area contributed by atoms with Gasteiger partial charge in [-0.2, -0.15) is 0 Å². The molecule has 100 valence electrons. The summed E-state index contributed by atoms with van der Waals surface area (Å²) in [5.74, 6) is 0.147. The second kappa shape index (κ2) is 6.74. The average molecular weight is 362 g/mol. The highest BCUT2D eigenvalue weighted by Crippen LogP contribution is 2.31. The van der Waals surface area contributed by atoms with E-state index in [2.05, 4.69) is 15.9 Å². The molecule has 0 nitrogen and oxygen atoms in total. The minimum absolute atomic E-state index is 0.0200. The van der Waals surface area contributed by atoms with E-state index in [0.29, 0.717) is 22.9 Å². The van der Waals surface area contributed by atoms with Crippen LogP contribution in [-0.2, 0) is 6.42 Å². The van der Waals surface area contributed by atoms with Crippen LogP contribution in [0, 0.1) is 5.82 Å². The molecule has 19 heavy (non-hydrogen) atoms. The minimum Gasteiger partial charge on any atom is -0.207 e. The summed E-state index contributed by atoms with van der Waals surface area (Å²) < 4.78 is 14.8. The highest BCUT2D eigenvalue weighted by Gasteiger charge is 2.17. The quantitative estimate of drug-likeness (QED) is 0.603.